The second-order valence-electron chi connectivity index (χ2n) is 13.4. The van der Waals surface area contributed by atoms with Crippen LogP contribution in [0.25, 0.3) is 10.8 Å². The highest BCUT2D eigenvalue weighted by Crippen LogP contribution is 2.41. The second-order valence-corrected chi connectivity index (χ2v) is 13.4. The first-order valence-corrected chi connectivity index (χ1v) is 17.3. The zero-order valence-corrected chi connectivity index (χ0v) is 26.5. The summed E-state index contributed by atoms with van der Waals surface area (Å²) in [7, 11) is 0. The molecule has 2 aromatic carbocycles. The summed E-state index contributed by atoms with van der Waals surface area (Å²) in [4.78, 5) is 65.9. The number of carbonyl (C=O) groups excluding carboxylic acids is 4. The van der Waals surface area contributed by atoms with E-state index in [9.17, 15) is 19.2 Å². The molecule has 10 heteroatoms. The van der Waals surface area contributed by atoms with Crippen molar-refractivity contribution in [1.29, 1.82) is 0 Å². The number of anilines is 1. The Morgan fingerprint density at radius 2 is 0.933 bits per heavy atom. The monoisotopic (exact) mass is 614 g/mol. The normalized spacial score (nSPS) is 21.7. The van der Waals surface area contributed by atoms with E-state index in [0.717, 1.165) is 71.5 Å². The molecule has 5 aliphatic heterocycles. The SMILES string of the molecule is O=C1c2ccc3c4c(c(NCCN5CCCCC5)cc(c24)C(=O)N1CCN1CCCCC1)C(=O)N(CCN1CCCCC1)C3=O. The van der Waals surface area contributed by atoms with Crippen LogP contribution in [0.5, 0.6) is 0 Å². The zero-order valence-electron chi connectivity index (χ0n) is 26.5. The van der Waals surface area contributed by atoms with Crippen LogP contribution in [0.2, 0.25) is 0 Å². The topological polar surface area (TPSA) is 96.5 Å². The number of amides is 4. The third-order valence-electron chi connectivity index (χ3n) is 10.5. The van der Waals surface area contributed by atoms with E-state index in [2.05, 4.69) is 20.0 Å². The lowest BCUT2D eigenvalue weighted by atomic mass is 9.84. The summed E-state index contributed by atoms with van der Waals surface area (Å²) in [6, 6.07) is 5.16. The van der Waals surface area contributed by atoms with Crippen LogP contribution in [-0.2, 0) is 0 Å². The Labute approximate surface area is 265 Å². The fourth-order valence-corrected chi connectivity index (χ4v) is 7.99. The highest BCUT2D eigenvalue weighted by molar-refractivity contribution is 6.34. The molecule has 0 aromatic heterocycles. The number of imide groups is 2. The highest BCUT2D eigenvalue weighted by Gasteiger charge is 2.41. The van der Waals surface area contributed by atoms with E-state index in [1.54, 1.807) is 18.2 Å². The Kier molecular flexibility index (Phi) is 8.88. The first kappa shape index (κ1) is 30.3. The second kappa shape index (κ2) is 13.2. The van der Waals surface area contributed by atoms with Crippen molar-refractivity contribution in [3.8, 4) is 0 Å². The van der Waals surface area contributed by atoms with Crippen molar-refractivity contribution in [2.24, 2.45) is 0 Å². The van der Waals surface area contributed by atoms with Gasteiger partial charge in [0.25, 0.3) is 23.6 Å². The molecule has 4 amide bonds. The molecule has 2 aromatic rings. The van der Waals surface area contributed by atoms with Gasteiger partial charge in [-0.15, -0.1) is 0 Å². The quantitative estimate of drug-likeness (QED) is 0.403. The molecule has 7 rings (SSSR count). The number of nitrogens with zero attached hydrogens (tertiary/aromatic N) is 5. The van der Waals surface area contributed by atoms with Crippen LogP contribution in [0.15, 0.2) is 18.2 Å². The van der Waals surface area contributed by atoms with Gasteiger partial charge in [-0.25, -0.2) is 0 Å². The number of hydrogen-bond acceptors (Lipinski definition) is 8. The highest BCUT2D eigenvalue weighted by atomic mass is 16.2. The molecule has 240 valence electrons. The summed E-state index contributed by atoms with van der Waals surface area (Å²) in [5.41, 5.74) is 2.17. The van der Waals surface area contributed by atoms with Gasteiger partial charge in [-0.05, 0) is 96.0 Å². The number of nitrogens with one attached hydrogen (secondary N) is 1. The molecule has 1 N–H and O–H groups in total. The molecule has 0 aliphatic carbocycles. The fraction of sp³-hybridized carbons (Fsp3) is 0.600. The molecule has 0 atom stereocenters. The van der Waals surface area contributed by atoms with Gasteiger partial charge < -0.3 is 20.0 Å². The molecule has 10 nitrogen and oxygen atoms in total. The summed E-state index contributed by atoms with van der Waals surface area (Å²) in [5, 5.41) is 4.41. The van der Waals surface area contributed by atoms with Crippen molar-refractivity contribution in [1.82, 2.24) is 24.5 Å². The van der Waals surface area contributed by atoms with Crippen LogP contribution in [0.1, 0.15) is 99.2 Å². The van der Waals surface area contributed by atoms with E-state index in [-0.39, 0.29) is 23.6 Å². The van der Waals surface area contributed by atoms with E-state index in [1.807, 2.05) is 0 Å². The van der Waals surface area contributed by atoms with E-state index in [1.165, 1.54) is 41.9 Å². The van der Waals surface area contributed by atoms with Crippen LogP contribution < -0.4 is 5.32 Å². The molecule has 0 saturated carbocycles. The van der Waals surface area contributed by atoms with Gasteiger partial charge >= 0.3 is 0 Å². The molecular weight excluding hydrogens is 568 g/mol. The summed E-state index contributed by atoms with van der Waals surface area (Å²) in [5.74, 6) is -1.39. The number of carbonyl (C=O) groups is 4. The Hall–Kier alpha value is -3.34. The molecule has 0 radical (unpaired) electrons. The maximum Gasteiger partial charge on any atom is 0.263 e. The van der Waals surface area contributed by atoms with Crippen LogP contribution in [-0.4, -0.2) is 127 Å². The van der Waals surface area contributed by atoms with Crippen molar-refractivity contribution in [2.45, 2.75) is 57.8 Å². The van der Waals surface area contributed by atoms with E-state index >= 15 is 0 Å². The Balaban J connectivity index is 1.23. The van der Waals surface area contributed by atoms with Crippen LogP contribution in [0, 0.1) is 0 Å². The zero-order chi connectivity index (χ0) is 30.9. The van der Waals surface area contributed by atoms with E-state index in [4.69, 9.17) is 0 Å². The predicted molar refractivity (Wildman–Crippen MR) is 174 cm³/mol. The van der Waals surface area contributed by atoms with Crippen molar-refractivity contribution in [3.63, 3.8) is 0 Å². The van der Waals surface area contributed by atoms with Crippen molar-refractivity contribution in [3.05, 3.63) is 40.5 Å². The number of hydrogen-bond donors (Lipinski definition) is 1. The molecule has 3 fully saturated rings. The Morgan fingerprint density at radius 1 is 0.489 bits per heavy atom. The Bertz CT molecular complexity index is 1490. The smallest absolute Gasteiger partial charge is 0.263 e. The fourth-order valence-electron chi connectivity index (χ4n) is 7.99. The van der Waals surface area contributed by atoms with Gasteiger partial charge in [-0.2, -0.15) is 0 Å². The molecule has 0 unspecified atom stereocenters. The number of likely N-dealkylation sites (tertiary alicyclic amines) is 3. The minimum absolute atomic E-state index is 0.317. The summed E-state index contributed by atoms with van der Waals surface area (Å²) in [6.07, 6.45) is 10.6. The molecular formula is C35H46N6O4. The van der Waals surface area contributed by atoms with Gasteiger partial charge in [0.15, 0.2) is 0 Å². The largest absolute Gasteiger partial charge is 0.383 e. The average molecular weight is 615 g/mol. The number of piperidine rings is 3. The maximum atomic E-state index is 14.3. The van der Waals surface area contributed by atoms with Crippen molar-refractivity contribution in [2.75, 3.05) is 83.9 Å². The van der Waals surface area contributed by atoms with Crippen molar-refractivity contribution < 1.29 is 19.2 Å². The molecule has 0 spiro atoms. The third kappa shape index (κ3) is 5.88. The summed E-state index contributed by atoms with van der Waals surface area (Å²) in [6.45, 7) is 9.45. The standard InChI is InChI=1S/C35H46N6O4/c42-32-25-10-11-26-30-29(25)27(34(44)40(32)22-20-38-15-6-2-7-16-38)24-28(36-12-19-37-13-4-1-5-14-37)31(30)35(45)41(33(26)43)23-21-39-17-8-3-9-18-39/h10-11,24,36H,1-9,12-23H2. The third-order valence-corrected chi connectivity index (χ3v) is 10.5. The van der Waals surface area contributed by atoms with Gasteiger partial charge in [0.05, 0.1) is 11.1 Å². The molecule has 5 aliphatic rings. The van der Waals surface area contributed by atoms with Crippen LogP contribution >= 0.6 is 0 Å². The first-order chi connectivity index (χ1) is 22.0. The van der Waals surface area contributed by atoms with E-state index in [0.29, 0.717) is 71.4 Å². The van der Waals surface area contributed by atoms with Crippen LogP contribution in [0.4, 0.5) is 5.69 Å². The minimum atomic E-state index is -0.347. The van der Waals surface area contributed by atoms with Gasteiger partial charge in [0.2, 0.25) is 0 Å². The number of benzene rings is 2. The predicted octanol–water partition coefficient (Wildman–Crippen LogP) is 3.90. The molecule has 45 heavy (non-hydrogen) atoms. The molecule has 5 heterocycles. The van der Waals surface area contributed by atoms with Gasteiger partial charge in [0.1, 0.15) is 0 Å². The summed E-state index contributed by atoms with van der Waals surface area (Å²) >= 11 is 0. The van der Waals surface area contributed by atoms with Crippen molar-refractivity contribution >= 4 is 40.1 Å². The molecule has 3 saturated heterocycles. The van der Waals surface area contributed by atoms with Crippen LogP contribution in [0.3, 0.4) is 0 Å². The lowest BCUT2D eigenvalue weighted by Crippen LogP contribution is -2.47. The first-order valence-electron chi connectivity index (χ1n) is 17.3. The lowest BCUT2D eigenvalue weighted by Gasteiger charge is -2.35. The van der Waals surface area contributed by atoms with E-state index < -0.39 is 0 Å². The molecule has 0 bridgehead atoms. The average Bonchev–Trinajstić information content (AvgIpc) is 3.07. The van der Waals surface area contributed by atoms with Gasteiger partial charge in [-0.3, -0.25) is 29.0 Å². The minimum Gasteiger partial charge on any atom is -0.383 e. The van der Waals surface area contributed by atoms with Gasteiger partial charge in [0, 0.05) is 66.9 Å². The summed E-state index contributed by atoms with van der Waals surface area (Å²) < 4.78 is 0. The maximum absolute atomic E-state index is 14.3. The lowest BCUT2D eigenvalue weighted by molar-refractivity contribution is 0.0567. The number of rotatable bonds is 10. The van der Waals surface area contributed by atoms with Gasteiger partial charge in [-0.1, -0.05) is 19.3 Å². The Morgan fingerprint density at radius 3 is 1.47 bits per heavy atom.